The molecule has 0 saturated carbocycles. The van der Waals surface area contributed by atoms with Gasteiger partial charge in [0.25, 0.3) is 5.91 Å². The summed E-state index contributed by atoms with van der Waals surface area (Å²) in [4.78, 5) is 23.7. The number of amides is 1. The molecule has 0 aliphatic rings. The van der Waals surface area contributed by atoms with Crippen molar-refractivity contribution in [1.82, 2.24) is 0 Å². The van der Waals surface area contributed by atoms with Crippen LogP contribution in [0.1, 0.15) is 18.1 Å². The van der Waals surface area contributed by atoms with Gasteiger partial charge >= 0.3 is 5.97 Å². The monoisotopic (exact) mass is 357 g/mol. The molecule has 0 bridgehead atoms. The Kier molecular flexibility index (Phi) is 7.02. The first-order valence-electron chi connectivity index (χ1n) is 8.37. The highest BCUT2D eigenvalue weighted by Crippen LogP contribution is 2.26. The highest BCUT2D eigenvalue weighted by Gasteiger charge is 2.12. The van der Waals surface area contributed by atoms with E-state index in [-0.39, 0.29) is 13.2 Å². The highest BCUT2D eigenvalue weighted by atomic mass is 16.6. The lowest BCUT2D eigenvalue weighted by Gasteiger charge is -2.12. The average molecular weight is 357 g/mol. The Morgan fingerprint density at radius 1 is 0.923 bits per heavy atom. The van der Waals surface area contributed by atoms with Crippen molar-refractivity contribution in [3.8, 4) is 11.5 Å². The first-order valence-corrected chi connectivity index (χ1v) is 8.37. The van der Waals surface area contributed by atoms with E-state index >= 15 is 0 Å². The van der Waals surface area contributed by atoms with Crippen molar-refractivity contribution in [3.05, 3.63) is 53.6 Å². The SMILES string of the molecule is CCOc1ccccc1OCC(=O)OCC(=O)Nc1cccc(C)c1C. The number of benzene rings is 2. The third-order valence-corrected chi connectivity index (χ3v) is 3.74. The summed E-state index contributed by atoms with van der Waals surface area (Å²) in [6, 6.07) is 12.7. The summed E-state index contributed by atoms with van der Waals surface area (Å²) < 4.78 is 15.8. The van der Waals surface area contributed by atoms with Crippen LogP contribution < -0.4 is 14.8 Å². The number of carbonyl (C=O) groups is 2. The second kappa shape index (κ2) is 9.46. The minimum Gasteiger partial charge on any atom is -0.490 e. The van der Waals surface area contributed by atoms with Gasteiger partial charge in [0.1, 0.15) is 0 Å². The Morgan fingerprint density at radius 3 is 2.31 bits per heavy atom. The number of ether oxygens (including phenoxy) is 3. The fraction of sp³-hybridized carbons (Fsp3) is 0.300. The average Bonchev–Trinajstić information content (AvgIpc) is 2.63. The summed E-state index contributed by atoms with van der Waals surface area (Å²) in [5.41, 5.74) is 2.75. The molecule has 0 spiro atoms. The normalized spacial score (nSPS) is 10.1. The molecule has 0 aliphatic carbocycles. The van der Waals surface area contributed by atoms with Crippen LogP contribution in [0.4, 0.5) is 5.69 Å². The van der Waals surface area contributed by atoms with E-state index in [1.165, 1.54) is 0 Å². The number of carbonyl (C=O) groups excluding carboxylic acids is 2. The molecule has 2 aromatic rings. The van der Waals surface area contributed by atoms with Crippen LogP contribution >= 0.6 is 0 Å². The van der Waals surface area contributed by atoms with Crippen LogP contribution in [-0.2, 0) is 14.3 Å². The topological polar surface area (TPSA) is 73.9 Å². The van der Waals surface area contributed by atoms with Crippen molar-refractivity contribution in [2.45, 2.75) is 20.8 Å². The maximum absolute atomic E-state index is 11.9. The molecule has 1 N–H and O–H groups in total. The molecule has 6 nitrogen and oxygen atoms in total. The largest absolute Gasteiger partial charge is 0.490 e. The van der Waals surface area contributed by atoms with E-state index in [0.29, 0.717) is 23.8 Å². The van der Waals surface area contributed by atoms with Crippen LogP contribution in [0.25, 0.3) is 0 Å². The van der Waals surface area contributed by atoms with Crippen molar-refractivity contribution in [3.63, 3.8) is 0 Å². The minimum absolute atomic E-state index is 0.305. The highest BCUT2D eigenvalue weighted by molar-refractivity contribution is 5.93. The molecule has 0 unspecified atom stereocenters. The lowest BCUT2D eigenvalue weighted by atomic mass is 10.1. The van der Waals surface area contributed by atoms with Crippen LogP contribution in [0, 0.1) is 13.8 Å². The molecule has 138 valence electrons. The van der Waals surface area contributed by atoms with Crippen molar-refractivity contribution >= 4 is 17.6 Å². The first-order chi connectivity index (χ1) is 12.5. The third-order valence-electron chi connectivity index (χ3n) is 3.74. The molecule has 0 saturated heterocycles. The quantitative estimate of drug-likeness (QED) is 0.734. The van der Waals surface area contributed by atoms with Gasteiger partial charge in [0.15, 0.2) is 24.7 Å². The summed E-state index contributed by atoms with van der Waals surface area (Å²) in [7, 11) is 0. The number of rotatable bonds is 8. The van der Waals surface area contributed by atoms with Gasteiger partial charge in [-0.05, 0) is 50.1 Å². The van der Waals surface area contributed by atoms with E-state index in [2.05, 4.69) is 5.32 Å². The van der Waals surface area contributed by atoms with Gasteiger partial charge in [-0.3, -0.25) is 4.79 Å². The summed E-state index contributed by atoms with van der Waals surface area (Å²) in [5.74, 6) is -0.0317. The lowest BCUT2D eigenvalue weighted by Crippen LogP contribution is -2.24. The van der Waals surface area contributed by atoms with Gasteiger partial charge in [-0.25, -0.2) is 4.79 Å². The Balaban J connectivity index is 1.80. The summed E-state index contributed by atoms with van der Waals surface area (Å²) >= 11 is 0. The zero-order chi connectivity index (χ0) is 18.9. The fourth-order valence-corrected chi connectivity index (χ4v) is 2.24. The molecule has 0 radical (unpaired) electrons. The number of hydrogen-bond acceptors (Lipinski definition) is 5. The molecule has 0 aromatic heterocycles. The molecule has 0 fully saturated rings. The second-order valence-electron chi connectivity index (χ2n) is 5.62. The summed E-state index contributed by atoms with van der Waals surface area (Å²) in [5, 5.41) is 2.73. The van der Waals surface area contributed by atoms with Crippen molar-refractivity contribution in [1.29, 1.82) is 0 Å². The third kappa shape index (κ3) is 5.51. The molecule has 1 amide bonds. The van der Waals surface area contributed by atoms with E-state index in [1.54, 1.807) is 24.3 Å². The van der Waals surface area contributed by atoms with E-state index in [1.807, 2.05) is 39.0 Å². The predicted octanol–water partition coefficient (Wildman–Crippen LogP) is 3.26. The lowest BCUT2D eigenvalue weighted by molar-refractivity contribution is -0.149. The molecule has 0 atom stereocenters. The number of aryl methyl sites for hydroxylation is 1. The molecular weight excluding hydrogens is 334 g/mol. The van der Waals surface area contributed by atoms with Gasteiger partial charge in [0.2, 0.25) is 0 Å². The molecule has 26 heavy (non-hydrogen) atoms. The van der Waals surface area contributed by atoms with Crippen LogP contribution in [0.2, 0.25) is 0 Å². The summed E-state index contributed by atoms with van der Waals surface area (Å²) in [6.07, 6.45) is 0. The number of para-hydroxylation sites is 2. The van der Waals surface area contributed by atoms with E-state index in [4.69, 9.17) is 14.2 Å². The van der Waals surface area contributed by atoms with Gasteiger partial charge in [0.05, 0.1) is 6.61 Å². The van der Waals surface area contributed by atoms with E-state index < -0.39 is 11.9 Å². The van der Waals surface area contributed by atoms with Gasteiger partial charge in [-0.2, -0.15) is 0 Å². The number of esters is 1. The molecule has 2 rings (SSSR count). The van der Waals surface area contributed by atoms with Crippen molar-refractivity contribution < 1.29 is 23.8 Å². The molecule has 0 heterocycles. The molecule has 6 heteroatoms. The van der Waals surface area contributed by atoms with Crippen LogP contribution in [0.5, 0.6) is 11.5 Å². The van der Waals surface area contributed by atoms with E-state index in [0.717, 1.165) is 11.1 Å². The standard InChI is InChI=1S/C20H23NO5/c1-4-24-17-10-5-6-11-18(17)25-13-20(23)26-12-19(22)21-16-9-7-8-14(2)15(16)3/h5-11H,4,12-13H2,1-3H3,(H,21,22). The van der Waals surface area contributed by atoms with Gasteiger partial charge in [0, 0.05) is 5.69 Å². The Hall–Kier alpha value is -3.02. The number of nitrogens with one attached hydrogen (secondary N) is 1. The Labute approximate surface area is 153 Å². The second-order valence-corrected chi connectivity index (χ2v) is 5.62. The summed E-state index contributed by atoms with van der Waals surface area (Å²) in [6.45, 7) is 5.55. The van der Waals surface area contributed by atoms with Crippen molar-refractivity contribution in [2.24, 2.45) is 0 Å². The molecule has 2 aromatic carbocycles. The maximum atomic E-state index is 11.9. The fourth-order valence-electron chi connectivity index (χ4n) is 2.24. The molecule has 0 aliphatic heterocycles. The van der Waals surface area contributed by atoms with Crippen LogP contribution in [0.3, 0.4) is 0 Å². The number of anilines is 1. The predicted molar refractivity (Wildman–Crippen MR) is 98.6 cm³/mol. The number of hydrogen-bond donors (Lipinski definition) is 1. The smallest absolute Gasteiger partial charge is 0.344 e. The van der Waals surface area contributed by atoms with Gasteiger partial charge < -0.3 is 19.5 Å². The van der Waals surface area contributed by atoms with Crippen molar-refractivity contribution in [2.75, 3.05) is 25.1 Å². The first kappa shape index (κ1) is 19.3. The van der Waals surface area contributed by atoms with Crippen LogP contribution in [0.15, 0.2) is 42.5 Å². The Morgan fingerprint density at radius 2 is 1.62 bits per heavy atom. The van der Waals surface area contributed by atoms with E-state index in [9.17, 15) is 9.59 Å². The van der Waals surface area contributed by atoms with Crippen LogP contribution in [-0.4, -0.2) is 31.7 Å². The molecular formula is C20H23NO5. The Bertz CT molecular complexity index is 773. The maximum Gasteiger partial charge on any atom is 0.344 e. The zero-order valence-electron chi connectivity index (χ0n) is 15.2. The van der Waals surface area contributed by atoms with Gasteiger partial charge in [-0.1, -0.05) is 24.3 Å². The zero-order valence-corrected chi connectivity index (χ0v) is 15.2. The van der Waals surface area contributed by atoms with Gasteiger partial charge in [-0.15, -0.1) is 0 Å². The minimum atomic E-state index is -0.632.